The summed E-state index contributed by atoms with van der Waals surface area (Å²) in [6, 6.07) is 0. The second-order valence-electron chi connectivity index (χ2n) is 2.10. The molecular formula is C7H15BrZn. The zero-order chi connectivity index (χ0) is 6.24. The summed E-state index contributed by atoms with van der Waals surface area (Å²) in [6.45, 7) is 2.24. The predicted molar refractivity (Wildman–Crippen MR) is 42.6 cm³/mol. The number of hydrogen-bond acceptors (Lipinski definition) is 0. The summed E-state index contributed by atoms with van der Waals surface area (Å²) in [6.07, 6.45) is 6.93. The molecule has 0 aliphatic carbocycles. The van der Waals surface area contributed by atoms with E-state index in [0.717, 1.165) is 0 Å². The van der Waals surface area contributed by atoms with E-state index in [1.807, 2.05) is 0 Å². The van der Waals surface area contributed by atoms with E-state index in [1.165, 1.54) is 37.4 Å². The van der Waals surface area contributed by atoms with Crippen molar-refractivity contribution in [3.63, 3.8) is 0 Å². The summed E-state index contributed by atoms with van der Waals surface area (Å²) in [4.78, 5) is 0. The van der Waals surface area contributed by atoms with E-state index >= 15 is 0 Å². The Kier molecular flexibility index (Phi) is 16.8. The molecule has 0 saturated carbocycles. The first-order valence-corrected chi connectivity index (χ1v) is 4.60. The van der Waals surface area contributed by atoms with E-state index in [2.05, 4.69) is 22.9 Å². The Morgan fingerprint density at radius 2 is 1.56 bits per heavy atom. The quantitative estimate of drug-likeness (QED) is 0.395. The summed E-state index contributed by atoms with van der Waals surface area (Å²) in [5.74, 6) is 0. The molecule has 9 heavy (non-hydrogen) atoms. The van der Waals surface area contributed by atoms with Gasteiger partial charge in [0.05, 0.1) is 0 Å². The van der Waals surface area contributed by atoms with Gasteiger partial charge in [0.1, 0.15) is 0 Å². The zero-order valence-electron chi connectivity index (χ0n) is 6.33. The number of alkyl halides is 1. The van der Waals surface area contributed by atoms with Gasteiger partial charge in [0.2, 0.25) is 0 Å². The summed E-state index contributed by atoms with van der Waals surface area (Å²) in [5.41, 5.74) is 0. The Morgan fingerprint density at radius 1 is 1.00 bits per heavy atom. The third-order valence-corrected chi connectivity index (χ3v) is 1.80. The summed E-state index contributed by atoms with van der Waals surface area (Å²) in [7, 11) is 0. The van der Waals surface area contributed by atoms with Crippen molar-refractivity contribution in [2.45, 2.75) is 39.0 Å². The molecule has 0 radical (unpaired) electrons. The molecule has 0 aliphatic rings. The zero-order valence-corrected chi connectivity index (χ0v) is 10.9. The molecule has 0 aromatic rings. The average molecular weight is 244 g/mol. The molecule has 0 aromatic carbocycles. The van der Waals surface area contributed by atoms with Gasteiger partial charge in [-0.15, -0.1) is 0 Å². The van der Waals surface area contributed by atoms with Gasteiger partial charge >= 0.3 is 0 Å². The van der Waals surface area contributed by atoms with Crippen LogP contribution >= 0.6 is 15.9 Å². The largest absolute Gasteiger partial charge is 0.0928 e. The van der Waals surface area contributed by atoms with Crippen LogP contribution in [0.2, 0.25) is 0 Å². The Morgan fingerprint density at radius 3 is 2.00 bits per heavy atom. The first-order chi connectivity index (χ1) is 3.91. The van der Waals surface area contributed by atoms with Crippen molar-refractivity contribution in [2.75, 3.05) is 5.33 Å². The molecule has 0 N–H and O–H groups in total. The van der Waals surface area contributed by atoms with Crippen molar-refractivity contribution in [3.05, 3.63) is 0 Å². The van der Waals surface area contributed by atoms with Crippen LogP contribution in [0.15, 0.2) is 0 Å². The van der Waals surface area contributed by atoms with Crippen LogP contribution in [0.5, 0.6) is 0 Å². The maximum absolute atomic E-state index is 3.40. The third-order valence-electron chi connectivity index (χ3n) is 1.24. The molecule has 0 rings (SSSR count). The molecule has 0 heterocycles. The standard InChI is InChI=1S/C7H15Br.Zn/c1-2-3-4-5-6-7-8;/h2-7H2,1H3;. The number of hydrogen-bond donors (Lipinski definition) is 0. The first kappa shape index (κ1) is 12.8. The van der Waals surface area contributed by atoms with Crippen LogP contribution in [0.3, 0.4) is 0 Å². The molecular weight excluding hydrogens is 229 g/mol. The Labute approximate surface area is 79.7 Å². The van der Waals surface area contributed by atoms with Gasteiger partial charge in [-0.3, -0.25) is 0 Å². The van der Waals surface area contributed by atoms with E-state index in [1.54, 1.807) is 0 Å². The monoisotopic (exact) mass is 242 g/mol. The van der Waals surface area contributed by atoms with Gasteiger partial charge in [-0.1, -0.05) is 48.5 Å². The Hall–Kier alpha value is 1.10. The number of halogens is 1. The smallest absolute Gasteiger partial charge is 0.00313 e. The van der Waals surface area contributed by atoms with Gasteiger partial charge in [-0.25, -0.2) is 0 Å². The molecule has 0 unspecified atom stereocenters. The normalized spacial score (nSPS) is 8.67. The Balaban J connectivity index is 0. The third kappa shape index (κ3) is 12.3. The van der Waals surface area contributed by atoms with Gasteiger partial charge < -0.3 is 0 Å². The van der Waals surface area contributed by atoms with Gasteiger partial charge in [0, 0.05) is 24.8 Å². The molecule has 0 bridgehead atoms. The molecule has 0 aromatic heterocycles. The van der Waals surface area contributed by atoms with Gasteiger partial charge in [0.15, 0.2) is 0 Å². The van der Waals surface area contributed by atoms with E-state index < -0.39 is 0 Å². The molecule has 0 aliphatic heterocycles. The van der Waals surface area contributed by atoms with Crippen LogP contribution in [-0.2, 0) is 19.5 Å². The fraction of sp³-hybridized carbons (Fsp3) is 1.00. The van der Waals surface area contributed by atoms with Crippen molar-refractivity contribution in [2.24, 2.45) is 0 Å². The maximum Gasteiger partial charge on any atom is 0.00313 e. The van der Waals surface area contributed by atoms with Crippen LogP contribution in [0.4, 0.5) is 0 Å². The molecule has 0 spiro atoms. The van der Waals surface area contributed by atoms with Crippen molar-refractivity contribution < 1.29 is 19.5 Å². The molecule has 0 nitrogen and oxygen atoms in total. The minimum absolute atomic E-state index is 0. The summed E-state index contributed by atoms with van der Waals surface area (Å²) >= 11 is 3.40. The second kappa shape index (κ2) is 11.8. The molecule has 0 atom stereocenters. The van der Waals surface area contributed by atoms with Crippen LogP contribution < -0.4 is 0 Å². The minimum atomic E-state index is 0. The van der Waals surface area contributed by atoms with Crippen molar-refractivity contribution in [1.82, 2.24) is 0 Å². The molecule has 2 heteroatoms. The van der Waals surface area contributed by atoms with E-state index in [-0.39, 0.29) is 19.5 Å². The molecule has 52 valence electrons. The molecule has 0 fully saturated rings. The average Bonchev–Trinajstić information content (AvgIpc) is 1.81. The van der Waals surface area contributed by atoms with Crippen molar-refractivity contribution in [3.8, 4) is 0 Å². The fourth-order valence-corrected chi connectivity index (χ4v) is 1.09. The van der Waals surface area contributed by atoms with E-state index in [9.17, 15) is 0 Å². The van der Waals surface area contributed by atoms with Crippen LogP contribution in [-0.4, -0.2) is 5.33 Å². The summed E-state index contributed by atoms with van der Waals surface area (Å²) in [5, 5.41) is 1.18. The SMILES string of the molecule is CCCCCCCBr.[Zn]. The van der Waals surface area contributed by atoms with Gasteiger partial charge in [-0.2, -0.15) is 0 Å². The van der Waals surface area contributed by atoms with Crippen LogP contribution in [0, 0.1) is 0 Å². The number of rotatable bonds is 5. The first-order valence-electron chi connectivity index (χ1n) is 3.47. The van der Waals surface area contributed by atoms with Gasteiger partial charge in [-0.05, 0) is 6.42 Å². The summed E-state index contributed by atoms with van der Waals surface area (Å²) < 4.78 is 0. The fourth-order valence-electron chi connectivity index (χ4n) is 0.698. The Bertz CT molecular complexity index is 33.9. The second-order valence-corrected chi connectivity index (χ2v) is 2.90. The van der Waals surface area contributed by atoms with Gasteiger partial charge in [0.25, 0.3) is 0 Å². The predicted octanol–water partition coefficient (Wildman–Crippen LogP) is 3.35. The van der Waals surface area contributed by atoms with Crippen molar-refractivity contribution in [1.29, 1.82) is 0 Å². The van der Waals surface area contributed by atoms with Crippen LogP contribution in [0.25, 0.3) is 0 Å². The van der Waals surface area contributed by atoms with E-state index in [4.69, 9.17) is 0 Å². The van der Waals surface area contributed by atoms with E-state index in [0.29, 0.717) is 0 Å². The topological polar surface area (TPSA) is 0 Å². The van der Waals surface area contributed by atoms with Crippen LogP contribution in [0.1, 0.15) is 39.0 Å². The number of unbranched alkanes of at least 4 members (excludes halogenated alkanes) is 4. The molecule has 0 amide bonds. The minimum Gasteiger partial charge on any atom is -0.0928 e. The van der Waals surface area contributed by atoms with Crippen molar-refractivity contribution >= 4 is 15.9 Å². The molecule has 0 saturated heterocycles. The maximum atomic E-state index is 3.40.